The van der Waals surface area contributed by atoms with Crippen LogP contribution in [-0.2, 0) is 10.8 Å². The molecule has 2 nitrogen and oxygen atoms in total. The Bertz CT molecular complexity index is 3370. The molecule has 0 unspecified atom stereocenters. The van der Waals surface area contributed by atoms with Gasteiger partial charge in [0.05, 0.1) is 22.0 Å². The first-order chi connectivity index (χ1) is 29.2. The topological polar surface area (TPSA) is 22.0 Å². The van der Waals surface area contributed by atoms with Gasteiger partial charge in [0.1, 0.15) is 0 Å². The fraction of sp³-hybridized carbons (Fsp3) is 0.0351. The Kier molecular flexibility index (Phi) is 6.48. The van der Waals surface area contributed by atoms with E-state index >= 15 is 4.79 Å². The molecule has 59 heavy (non-hydrogen) atoms. The lowest BCUT2D eigenvalue weighted by Gasteiger charge is -2.52. The number of hydrogen-bond acceptors (Lipinski definition) is 1. The SMILES string of the molecule is O=c1c2ccccc2c2cc(-c3ccccc3)cc3c2n1-c1ccc(-c2ccccc2)cc1C31c2ccccc2C2(c3ccccc3-c3ccccc32)c2ccccc21. The minimum atomic E-state index is -0.816. The van der Waals surface area contributed by atoms with Gasteiger partial charge >= 0.3 is 0 Å². The molecule has 2 heterocycles. The number of pyridine rings is 1. The second-order valence-electron chi connectivity index (χ2n) is 16.3. The van der Waals surface area contributed by atoms with Crippen molar-refractivity contribution in [2.75, 3.05) is 0 Å². The van der Waals surface area contributed by atoms with Crippen molar-refractivity contribution in [3.05, 3.63) is 267 Å². The Hall–Kier alpha value is -7.55. The van der Waals surface area contributed by atoms with Crippen molar-refractivity contribution in [3.63, 3.8) is 0 Å². The van der Waals surface area contributed by atoms with Crippen molar-refractivity contribution >= 4 is 21.7 Å². The van der Waals surface area contributed by atoms with Gasteiger partial charge in [-0.3, -0.25) is 9.36 Å². The summed E-state index contributed by atoms with van der Waals surface area (Å²) in [6, 6.07) is 77.5. The zero-order valence-electron chi connectivity index (χ0n) is 32.1. The maximum atomic E-state index is 15.2. The molecule has 1 aliphatic heterocycles. The molecular formula is C57H35NO. The van der Waals surface area contributed by atoms with Crippen LogP contribution in [0.5, 0.6) is 0 Å². The van der Waals surface area contributed by atoms with Crippen molar-refractivity contribution in [3.8, 4) is 39.1 Å². The third-order valence-electron chi connectivity index (χ3n) is 13.7. The highest BCUT2D eigenvalue weighted by molar-refractivity contribution is 6.11. The molecule has 0 saturated carbocycles. The van der Waals surface area contributed by atoms with Crippen LogP contribution in [0.4, 0.5) is 0 Å². The van der Waals surface area contributed by atoms with Gasteiger partial charge in [0.15, 0.2) is 0 Å². The van der Waals surface area contributed by atoms with Gasteiger partial charge in [-0.25, -0.2) is 0 Å². The van der Waals surface area contributed by atoms with Gasteiger partial charge in [0.25, 0.3) is 5.56 Å². The predicted molar refractivity (Wildman–Crippen MR) is 241 cm³/mol. The van der Waals surface area contributed by atoms with Crippen LogP contribution in [0, 0.1) is 0 Å². The molecule has 10 aromatic rings. The Morgan fingerprint density at radius 1 is 0.305 bits per heavy atom. The molecule has 0 bridgehead atoms. The average molecular weight is 750 g/mol. The normalized spacial score (nSPS) is 14.4. The zero-order valence-corrected chi connectivity index (χ0v) is 32.1. The first-order valence-electron chi connectivity index (χ1n) is 20.5. The van der Waals surface area contributed by atoms with Crippen LogP contribution in [-0.4, -0.2) is 4.57 Å². The van der Waals surface area contributed by atoms with Crippen molar-refractivity contribution in [1.82, 2.24) is 4.57 Å². The van der Waals surface area contributed by atoms with Gasteiger partial charge in [-0.2, -0.15) is 0 Å². The lowest BCUT2D eigenvalue weighted by atomic mass is 9.50. The van der Waals surface area contributed by atoms with Crippen molar-refractivity contribution in [2.24, 2.45) is 0 Å². The molecule has 0 saturated heterocycles. The third-order valence-corrected chi connectivity index (χ3v) is 13.7. The summed E-state index contributed by atoms with van der Waals surface area (Å²) in [7, 11) is 0. The van der Waals surface area contributed by atoms with E-state index in [2.05, 4.69) is 200 Å². The molecule has 13 rings (SSSR count). The highest BCUT2D eigenvalue weighted by Gasteiger charge is 2.58. The van der Waals surface area contributed by atoms with E-state index in [4.69, 9.17) is 0 Å². The van der Waals surface area contributed by atoms with E-state index in [-0.39, 0.29) is 5.56 Å². The number of benzene rings is 9. The fourth-order valence-corrected chi connectivity index (χ4v) is 11.5. The zero-order chi connectivity index (χ0) is 38.9. The maximum Gasteiger partial charge on any atom is 0.263 e. The molecule has 0 radical (unpaired) electrons. The highest BCUT2D eigenvalue weighted by Crippen LogP contribution is 2.66. The summed E-state index contributed by atoms with van der Waals surface area (Å²) in [4.78, 5) is 15.2. The predicted octanol–water partition coefficient (Wildman–Crippen LogP) is 12.9. The number of aromatic nitrogens is 1. The van der Waals surface area contributed by atoms with E-state index in [1.54, 1.807) is 0 Å². The minimum absolute atomic E-state index is 0.00197. The van der Waals surface area contributed by atoms with E-state index in [0.29, 0.717) is 5.39 Å². The van der Waals surface area contributed by atoms with Gasteiger partial charge in [-0.05, 0) is 114 Å². The molecule has 0 fully saturated rings. The van der Waals surface area contributed by atoms with Gasteiger partial charge < -0.3 is 0 Å². The Labute approximate surface area is 341 Å². The van der Waals surface area contributed by atoms with Crippen molar-refractivity contribution < 1.29 is 0 Å². The van der Waals surface area contributed by atoms with E-state index in [9.17, 15) is 0 Å². The molecule has 9 aromatic carbocycles. The van der Waals surface area contributed by atoms with Crippen LogP contribution >= 0.6 is 0 Å². The highest BCUT2D eigenvalue weighted by atomic mass is 16.1. The largest absolute Gasteiger partial charge is 0.276 e. The van der Waals surface area contributed by atoms with E-state index in [1.165, 1.54) is 44.5 Å². The molecule has 0 atom stereocenters. The standard InChI is InChI=1S/C57H35NO/c59-55-43-24-8-7-21-40(43)44-33-39(37-19-5-2-6-20-37)35-52-54(44)58(55)53-32-31-38(36-17-3-1-4-18-36)34-51(53)57(52)49-29-15-13-27-47(49)56(48-28-14-16-30-50(48)57)45-25-11-9-22-41(45)42-23-10-12-26-46(42)56/h1-35H. The van der Waals surface area contributed by atoms with Crippen LogP contribution in [0.1, 0.15) is 44.5 Å². The summed E-state index contributed by atoms with van der Waals surface area (Å²) >= 11 is 0. The quantitative estimate of drug-likeness (QED) is 0.161. The van der Waals surface area contributed by atoms with Crippen molar-refractivity contribution in [2.45, 2.75) is 10.8 Å². The summed E-state index contributed by atoms with van der Waals surface area (Å²) < 4.78 is 2.03. The van der Waals surface area contributed by atoms with Crippen LogP contribution in [0.25, 0.3) is 60.7 Å². The average Bonchev–Trinajstić information content (AvgIpc) is 3.61. The Balaban J connectivity index is 1.29. The van der Waals surface area contributed by atoms with Crippen LogP contribution in [0.15, 0.2) is 217 Å². The van der Waals surface area contributed by atoms with Gasteiger partial charge in [0.2, 0.25) is 0 Å². The Morgan fingerprint density at radius 3 is 1.32 bits per heavy atom. The monoisotopic (exact) mass is 749 g/mol. The fourth-order valence-electron chi connectivity index (χ4n) is 11.5. The smallest absolute Gasteiger partial charge is 0.263 e. The van der Waals surface area contributed by atoms with E-state index in [1.807, 2.05) is 16.7 Å². The molecule has 274 valence electrons. The van der Waals surface area contributed by atoms with E-state index in [0.717, 1.165) is 55.4 Å². The van der Waals surface area contributed by atoms with Gasteiger partial charge in [-0.15, -0.1) is 0 Å². The molecule has 2 spiro atoms. The second-order valence-corrected chi connectivity index (χ2v) is 16.3. The molecule has 1 aromatic heterocycles. The number of hydrogen-bond donors (Lipinski definition) is 0. The van der Waals surface area contributed by atoms with Gasteiger partial charge in [-0.1, -0.05) is 182 Å². The summed E-state index contributed by atoms with van der Waals surface area (Å²) in [5, 5.41) is 2.75. The molecule has 3 aliphatic rings. The lowest BCUT2D eigenvalue weighted by Crippen LogP contribution is -2.47. The van der Waals surface area contributed by atoms with Gasteiger partial charge in [0, 0.05) is 10.8 Å². The van der Waals surface area contributed by atoms with Crippen LogP contribution in [0.2, 0.25) is 0 Å². The minimum Gasteiger partial charge on any atom is -0.276 e. The van der Waals surface area contributed by atoms with Crippen LogP contribution in [0.3, 0.4) is 0 Å². The summed E-state index contributed by atoms with van der Waals surface area (Å²) in [5.74, 6) is 0. The summed E-state index contributed by atoms with van der Waals surface area (Å²) in [5.41, 5.74) is 17.4. The molecule has 2 heteroatoms. The first-order valence-corrected chi connectivity index (χ1v) is 20.5. The van der Waals surface area contributed by atoms with Crippen LogP contribution < -0.4 is 5.56 Å². The van der Waals surface area contributed by atoms with E-state index < -0.39 is 10.8 Å². The molecule has 0 N–H and O–H groups in total. The third kappa shape index (κ3) is 3.98. The second kappa shape index (κ2) is 11.8. The first kappa shape index (κ1) is 32.5. The summed E-state index contributed by atoms with van der Waals surface area (Å²) in [6.45, 7) is 0. The summed E-state index contributed by atoms with van der Waals surface area (Å²) in [6.07, 6.45) is 0. The number of fused-ring (bicyclic) bond motifs is 17. The number of nitrogens with zero attached hydrogens (tertiary/aromatic N) is 1. The molecule has 2 aliphatic carbocycles. The molecular weight excluding hydrogens is 715 g/mol. The van der Waals surface area contributed by atoms with Crippen molar-refractivity contribution in [1.29, 1.82) is 0 Å². The lowest BCUT2D eigenvalue weighted by molar-refractivity contribution is 0.616. The Morgan fingerprint density at radius 2 is 0.746 bits per heavy atom. The molecule has 0 amide bonds. The number of rotatable bonds is 2. The maximum absolute atomic E-state index is 15.2.